The van der Waals surface area contributed by atoms with Crippen LogP contribution in [0.2, 0.25) is 0 Å². The van der Waals surface area contributed by atoms with Gasteiger partial charge in [0.15, 0.2) is 5.69 Å². The third-order valence-corrected chi connectivity index (χ3v) is 3.63. The van der Waals surface area contributed by atoms with Crippen molar-refractivity contribution < 1.29 is 19.1 Å². The van der Waals surface area contributed by atoms with Gasteiger partial charge in [-0.15, -0.1) is 0 Å². The summed E-state index contributed by atoms with van der Waals surface area (Å²) in [5, 5.41) is 2.85. The molecule has 0 fully saturated rings. The number of nitrogens with one attached hydrogen (secondary N) is 1. The minimum Gasteiger partial charge on any atom is -0.497 e. The Hall–Kier alpha value is -2.83. The second kappa shape index (κ2) is 10.2. The van der Waals surface area contributed by atoms with Crippen LogP contribution in [0.25, 0.3) is 5.69 Å². The Kier molecular flexibility index (Phi) is 8.34. The van der Waals surface area contributed by atoms with Crippen molar-refractivity contribution in [3.05, 3.63) is 41.5 Å². The fraction of sp³-hybridized carbons (Fsp3) is 0.421. The molecule has 1 aromatic heterocycles. The van der Waals surface area contributed by atoms with E-state index in [1.165, 1.54) is 13.4 Å². The number of aromatic nitrogens is 2. The Balaban J connectivity index is 0.00000163. The fourth-order valence-electron chi connectivity index (χ4n) is 2.32. The molecular weight excluding hydrogens is 334 g/mol. The lowest BCUT2D eigenvalue weighted by Gasteiger charge is -2.13. The highest BCUT2D eigenvalue weighted by Crippen LogP contribution is 2.23. The molecule has 26 heavy (non-hydrogen) atoms. The van der Waals surface area contributed by atoms with Crippen molar-refractivity contribution in [2.75, 3.05) is 20.8 Å². The number of hydrogen-bond donors (Lipinski definition) is 1. The van der Waals surface area contributed by atoms with E-state index in [9.17, 15) is 9.59 Å². The van der Waals surface area contributed by atoms with E-state index in [1.54, 1.807) is 36.8 Å². The first-order valence-electron chi connectivity index (χ1n) is 8.62. The Labute approximate surface area is 154 Å². The van der Waals surface area contributed by atoms with Gasteiger partial charge in [0.2, 0.25) is 0 Å². The van der Waals surface area contributed by atoms with Gasteiger partial charge in [0, 0.05) is 6.54 Å². The summed E-state index contributed by atoms with van der Waals surface area (Å²) in [6.45, 7) is 8.30. The molecule has 0 unspecified atom stereocenters. The zero-order valence-corrected chi connectivity index (χ0v) is 16.3. The van der Waals surface area contributed by atoms with Crippen LogP contribution in [0.1, 0.15) is 53.7 Å². The first-order chi connectivity index (χ1) is 12.5. The van der Waals surface area contributed by atoms with Crippen LogP contribution >= 0.6 is 0 Å². The number of esters is 1. The third-order valence-electron chi connectivity index (χ3n) is 3.63. The molecule has 1 aromatic carbocycles. The topological polar surface area (TPSA) is 82.5 Å². The summed E-state index contributed by atoms with van der Waals surface area (Å²) in [6.07, 6.45) is 2.33. The molecule has 2 rings (SSSR count). The highest BCUT2D eigenvalue weighted by atomic mass is 16.5. The molecule has 0 aliphatic carbocycles. The number of rotatable bonds is 6. The molecule has 0 aliphatic rings. The number of benzene rings is 1. The highest BCUT2D eigenvalue weighted by Gasteiger charge is 2.20. The summed E-state index contributed by atoms with van der Waals surface area (Å²) in [7, 11) is 2.85. The van der Waals surface area contributed by atoms with Gasteiger partial charge in [0.05, 0.1) is 31.2 Å². The predicted molar refractivity (Wildman–Crippen MR) is 100 cm³/mol. The lowest BCUT2D eigenvalue weighted by Crippen LogP contribution is -2.25. The van der Waals surface area contributed by atoms with Gasteiger partial charge in [-0.3, -0.25) is 4.79 Å². The van der Waals surface area contributed by atoms with Crippen molar-refractivity contribution in [2.24, 2.45) is 0 Å². The van der Waals surface area contributed by atoms with Gasteiger partial charge in [0.1, 0.15) is 12.1 Å². The van der Waals surface area contributed by atoms with E-state index in [4.69, 9.17) is 9.47 Å². The normalized spacial score (nSPS) is 9.77. The van der Waals surface area contributed by atoms with E-state index in [0.29, 0.717) is 29.2 Å². The lowest BCUT2D eigenvalue weighted by atomic mass is 10.1. The maximum Gasteiger partial charge on any atom is 0.358 e. The first-order valence-corrected chi connectivity index (χ1v) is 8.62. The highest BCUT2D eigenvalue weighted by molar-refractivity contribution is 5.98. The predicted octanol–water partition coefficient (Wildman–Crippen LogP) is 3.14. The molecule has 2 aromatic rings. The Morgan fingerprint density at radius 1 is 1.23 bits per heavy atom. The molecule has 0 atom stereocenters. The molecule has 0 bridgehead atoms. The minimum atomic E-state index is -0.517. The van der Waals surface area contributed by atoms with Crippen molar-refractivity contribution in [1.29, 1.82) is 0 Å². The molecule has 0 saturated heterocycles. The number of carbonyl (C=O) groups excluding carboxylic acids is 2. The average molecular weight is 361 g/mol. The van der Waals surface area contributed by atoms with Crippen LogP contribution in [0.5, 0.6) is 5.75 Å². The Bertz CT molecular complexity index is 753. The average Bonchev–Trinajstić information content (AvgIpc) is 3.07. The molecule has 1 heterocycles. The van der Waals surface area contributed by atoms with Crippen molar-refractivity contribution >= 4 is 11.9 Å². The summed E-state index contributed by atoms with van der Waals surface area (Å²) in [5.74, 6) is -0.151. The number of carbonyl (C=O) groups is 2. The van der Waals surface area contributed by atoms with Gasteiger partial charge in [-0.2, -0.15) is 0 Å². The number of methoxy groups -OCH3 is 2. The molecule has 0 saturated carbocycles. The maximum atomic E-state index is 12.5. The summed E-state index contributed by atoms with van der Waals surface area (Å²) >= 11 is 0. The van der Waals surface area contributed by atoms with E-state index in [1.807, 2.05) is 20.8 Å². The Morgan fingerprint density at radius 2 is 1.92 bits per heavy atom. The number of imidazole rings is 1. The minimum absolute atomic E-state index is 0.210. The molecule has 7 heteroatoms. The van der Waals surface area contributed by atoms with Crippen LogP contribution < -0.4 is 10.1 Å². The number of amides is 1. The van der Waals surface area contributed by atoms with E-state index in [-0.39, 0.29) is 11.6 Å². The zero-order chi connectivity index (χ0) is 19.7. The molecule has 1 N–H and O–H groups in total. The molecule has 0 aliphatic heterocycles. The second-order valence-electron chi connectivity index (χ2n) is 5.18. The lowest BCUT2D eigenvalue weighted by molar-refractivity contribution is 0.0593. The van der Waals surface area contributed by atoms with E-state index < -0.39 is 5.97 Å². The van der Waals surface area contributed by atoms with E-state index >= 15 is 0 Å². The number of ether oxygens (including phenoxy) is 2. The van der Waals surface area contributed by atoms with Crippen molar-refractivity contribution in [3.8, 4) is 11.4 Å². The SMILES string of the molecule is CC.CCCNC(=O)c1cc(OC)ccc1-n1cnc(C(=O)OC)c1C. The van der Waals surface area contributed by atoms with Crippen LogP contribution in [0.15, 0.2) is 24.5 Å². The molecule has 7 nitrogen and oxygen atoms in total. The fourth-order valence-corrected chi connectivity index (χ4v) is 2.32. The summed E-state index contributed by atoms with van der Waals surface area (Å²) in [6, 6.07) is 5.18. The van der Waals surface area contributed by atoms with Gasteiger partial charge in [0.25, 0.3) is 5.91 Å². The Morgan fingerprint density at radius 3 is 2.50 bits per heavy atom. The third kappa shape index (κ3) is 4.62. The van der Waals surface area contributed by atoms with Crippen molar-refractivity contribution in [2.45, 2.75) is 34.1 Å². The molecule has 0 spiro atoms. The zero-order valence-electron chi connectivity index (χ0n) is 16.3. The quantitative estimate of drug-likeness (QED) is 0.799. The van der Waals surface area contributed by atoms with Gasteiger partial charge >= 0.3 is 5.97 Å². The van der Waals surface area contributed by atoms with Crippen molar-refractivity contribution in [1.82, 2.24) is 14.9 Å². The largest absolute Gasteiger partial charge is 0.497 e. The summed E-state index contributed by atoms with van der Waals surface area (Å²) in [4.78, 5) is 28.3. The molecular formula is C19H27N3O4. The smallest absolute Gasteiger partial charge is 0.358 e. The van der Waals surface area contributed by atoms with Gasteiger partial charge in [-0.25, -0.2) is 9.78 Å². The maximum absolute atomic E-state index is 12.5. The first kappa shape index (κ1) is 21.2. The van der Waals surface area contributed by atoms with Gasteiger partial charge < -0.3 is 19.4 Å². The van der Waals surface area contributed by atoms with E-state index in [0.717, 1.165) is 6.42 Å². The van der Waals surface area contributed by atoms with Crippen LogP contribution in [-0.2, 0) is 4.74 Å². The number of nitrogens with zero attached hydrogens (tertiary/aromatic N) is 2. The van der Waals surface area contributed by atoms with Gasteiger partial charge in [-0.05, 0) is 31.5 Å². The van der Waals surface area contributed by atoms with Crippen LogP contribution in [0, 0.1) is 6.92 Å². The van der Waals surface area contributed by atoms with Crippen LogP contribution in [0.4, 0.5) is 0 Å². The van der Waals surface area contributed by atoms with Crippen molar-refractivity contribution in [3.63, 3.8) is 0 Å². The van der Waals surface area contributed by atoms with Crippen LogP contribution in [-0.4, -0.2) is 42.2 Å². The molecule has 142 valence electrons. The second-order valence-corrected chi connectivity index (χ2v) is 5.18. The summed E-state index contributed by atoms with van der Waals surface area (Å²) < 4.78 is 11.6. The summed E-state index contributed by atoms with van der Waals surface area (Å²) in [5.41, 5.74) is 1.87. The number of hydrogen-bond acceptors (Lipinski definition) is 5. The molecule has 0 radical (unpaired) electrons. The van der Waals surface area contributed by atoms with E-state index in [2.05, 4.69) is 10.3 Å². The molecule has 1 amide bonds. The standard InChI is InChI=1S/C17H21N3O4.C2H6/c1-5-8-18-16(21)13-9-12(23-3)6-7-14(13)20-10-19-15(11(20)2)17(22)24-4;1-2/h6-7,9-10H,5,8H2,1-4H3,(H,18,21);1-2H3. The van der Waals surface area contributed by atoms with Gasteiger partial charge in [-0.1, -0.05) is 20.8 Å². The monoisotopic (exact) mass is 361 g/mol. The van der Waals surface area contributed by atoms with Crippen LogP contribution in [0.3, 0.4) is 0 Å².